The van der Waals surface area contributed by atoms with Crippen molar-refractivity contribution in [1.82, 2.24) is 4.90 Å². The highest BCUT2D eigenvalue weighted by molar-refractivity contribution is 6.31. The number of nitrogens with zero attached hydrogens (tertiary/aromatic N) is 2. The normalized spacial score (nSPS) is 23.6. The van der Waals surface area contributed by atoms with Crippen molar-refractivity contribution in [3.05, 3.63) is 69.2 Å². The maximum Gasteiger partial charge on any atom is 0.327 e. The first-order valence-electron chi connectivity index (χ1n) is 9.76. The molecule has 1 heterocycles. The number of carbonyl (C=O) groups is 1. The summed E-state index contributed by atoms with van der Waals surface area (Å²) in [7, 11) is 0. The number of carboxylic acid groups (broad SMARTS) is 1. The Balaban J connectivity index is 2.32. The Morgan fingerprint density at radius 1 is 1.16 bits per heavy atom. The highest BCUT2D eigenvalue weighted by Gasteiger charge is 2.55. The summed E-state index contributed by atoms with van der Waals surface area (Å²) in [6, 6.07) is 6.38. The molecule has 4 atom stereocenters. The third-order valence-electron chi connectivity index (χ3n) is 5.65. The number of halogens is 4. The summed E-state index contributed by atoms with van der Waals surface area (Å²) >= 11 is 11.9. The molecule has 1 fully saturated rings. The summed E-state index contributed by atoms with van der Waals surface area (Å²) in [6.45, 7) is 5.84. The molecule has 0 amide bonds. The van der Waals surface area contributed by atoms with E-state index in [1.807, 2.05) is 27.0 Å². The standard InChI is InChI=1S/C23H22Cl2F2N2O2/c1-23(2,3)10-17-18(13-8-7-12(24)9-16(13)26)19(21(22(30)31)29(17)11-28)14-5-4-6-15(25)20(14)27/h4-9,17-19,21H,10H2,1-3H3,(H,30,31)/t17-,18-,19-,21-/m1/s1. The van der Waals surface area contributed by atoms with Gasteiger partial charge in [0.05, 0.1) is 5.02 Å². The molecular weight excluding hydrogens is 445 g/mol. The van der Waals surface area contributed by atoms with E-state index in [2.05, 4.69) is 0 Å². The zero-order chi connectivity index (χ0) is 23.1. The van der Waals surface area contributed by atoms with Gasteiger partial charge in [-0.05, 0) is 41.2 Å². The van der Waals surface area contributed by atoms with Crippen LogP contribution in [0.1, 0.15) is 50.2 Å². The van der Waals surface area contributed by atoms with Gasteiger partial charge in [-0.15, -0.1) is 0 Å². The lowest BCUT2D eigenvalue weighted by Gasteiger charge is -2.32. The Morgan fingerprint density at radius 2 is 1.84 bits per heavy atom. The van der Waals surface area contributed by atoms with Crippen LogP contribution in [0.5, 0.6) is 0 Å². The van der Waals surface area contributed by atoms with E-state index in [-0.39, 0.29) is 26.6 Å². The summed E-state index contributed by atoms with van der Waals surface area (Å²) in [5.74, 6) is -4.55. The topological polar surface area (TPSA) is 64.3 Å². The first-order chi connectivity index (χ1) is 14.5. The van der Waals surface area contributed by atoms with E-state index in [4.69, 9.17) is 23.2 Å². The fourth-order valence-corrected chi connectivity index (χ4v) is 4.90. The fraction of sp³-hybridized carbons (Fsp3) is 0.391. The fourth-order valence-electron chi connectivity index (χ4n) is 4.56. The summed E-state index contributed by atoms with van der Waals surface area (Å²) in [5, 5.41) is 20.0. The van der Waals surface area contributed by atoms with Crippen LogP contribution >= 0.6 is 23.2 Å². The van der Waals surface area contributed by atoms with Crippen molar-refractivity contribution < 1.29 is 18.7 Å². The Labute approximate surface area is 190 Å². The molecule has 1 saturated heterocycles. The highest BCUT2D eigenvalue weighted by atomic mass is 35.5. The number of likely N-dealkylation sites (tertiary alicyclic amines) is 1. The molecule has 2 aromatic rings. The first-order valence-corrected chi connectivity index (χ1v) is 10.5. The molecule has 1 aliphatic heterocycles. The zero-order valence-corrected chi connectivity index (χ0v) is 18.8. The number of aliphatic carboxylic acids is 1. The van der Waals surface area contributed by atoms with E-state index in [0.29, 0.717) is 6.42 Å². The molecule has 1 N–H and O–H groups in total. The number of benzene rings is 2. The van der Waals surface area contributed by atoms with E-state index in [9.17, 15) is 15.2 Å². The SMILES string of the molecule is CC(C)(C)C[C@@H]1[C@@H](c2ccc(Cl)cc2F)[C@@H](c2cccc(Cl)c2F)[C@H](C(=O)O)N1C#N. The molecule has 2 aromatic carbocycles. The number of nitriles is 1. The van der Waals surface area contributed by atoms with Gasteiger partial charge < -0.3 is 5.11 Å². The van der Waals surface area contributed by atoms with Crippen molar-refractivity contribution in [2.24, 2.45) is 5.41 Å². The Morgan fingerprint density at radius 3 is 2.39 bits per heavy atom. The van der Waals surface area contributed by atoms with Crippen LogP contribution in [0, 0.1) is 28.5 Å². The molecule has 0 saturated carbocycles. The molecule has 8 heteroatoms. The quantitative estimate of drug-likeness (QED) is 0.545. The van der Waals surface area contributed by atoms with Crippen molar-refractivity contribution in [2.45, 2.75) is 51.1 Å². The number of carboxylic acids is 1. The van der Waals surface area contributed by atoms with Gasteiger partial charge in [-0.1, -0.05) is 62.2 Å². The lowest BCUT2D eigenvalue weighted by atomic mass is 9.74. The predicted octanol–water partition coefficient (Wildman–Crippen LogP) is 6.19. The van der Waals surface area contributed by atoms with Gasteiger partial charge in [-0.3, -0.25) is 4.90 Å². The van der Waals surface area contributed by atoms with Gasteiger partial charge in [0.1, 0.15) is 17.7 Å². The number of rotatable bonds is 4. The second-order valence-electron chi connectivity index (χ2n) is 8.98. The van der Waals surface area contributed by atoms with Gasteiger partial charge in [0.2, 0.25) is 0 Å². The largest absolute Gasteiger partial charge is 0.480 e. The van der Waals surface area contributed by atoms with Gasteiger partial charge in [-0.2, -0.15) is 5.26 Å². The van der Waals surface area contributed by atoms with Gasteiger partial charge >= 0.3 is 5.97 Å². The molecule has 1 aliphatic rings. The van der Waals surface area contributed by atoms with Gasteiger partial charge in [0, 0.05) is 22.9 Å². The molecular formula is C23H22Cl2F2N2O2. The molecule has 0 aliphatic carbocycles. The van der Waals surface area contributed by atoms with E-state index in [1.165, 1.54) is 30.3 Å². The third-order valence-corrected chi connectivity index (χ3v) is 6.18. The molecule has 0 radical (unpaired) electrons. The van der Waals surface area contributed by atoms with Gasteiger partial charge in [0.25, 0.3) is 0 Å². The Bertz CT molecular complexity index is 1050. The van der Waals surface area contributed by atoms with Crippen LogP contribution in [-0.4, -0.2) is 28.1 Å². The predicted molar refractivity (Wildman–Crippen MR) is 115 cm³/mol. The second kappa shape index (κ2) is 8.64. The molecule has 31 heavy (non-hydrogen) atoms. The van der Waals surface area contributed by atoms with Crippen molar-refractivity contribution >= 4 is 29.2 Å². The minimum absolute atomic E-state index is 0.0379. The van der Waals surface area contributed by atoms with Crippen molar-refractivity contribution in [3.63, 3.8) is 0 Å². The minimum atomic E-state index is -1.38. The van der Waals surface area contributed by atoms with E-state index in [1.54, 1.807) is 0 Å². The van der Waals surface area contributed by atoms with E-state index >= 15 is 8.78 Å². The van der Waals surface area contributed by atoms with Crippen LogP contribution in [0.25, 0.3) is 0 Å². The van der Waals surface area contributed by atoms with Crippen LogP contribution in [0.15, 0.2) is 36.4 Å². The van der Waals surface area contributed by atoms with Crippen LogP contribution in [0.2, 0.25) is 10.0 Å². The Kier molecular flexibility index (Phi) is 6.50. The van der Waals surface area contributed by atoms with Crippen LogP contribution in [0.3, 0.4) is 0 Å². The summed E-state index contributed by atoms with van der Waals surface area (Å²) in [5.41, 5.74) is -0.0888. The second-order valence-corrected chi connectivity index (χ2v) is 9.83. The summed E-state index contributed by atoms with van der Waals surface area (Å²) in [4.78, 5) is 13.5. The molecule has 0 spiro atoms. The minimum Gasteiger partial charge on any atom is -0.480 e. The molecule has 3 rings (SSSR count). The maximum atomic E-state index is 15.1. The molecule has 0 bridgehead atoms. The smallest absolute Gasteiger partial charge is 0.327 e. The van der Waals surface area contributed by atoms with Crippen LogP contribution in [-0.2, 0) is 4.79 Å². The van der Waals surface area contributed by atoms with E-state index < -0.39 is 41.5 Å². The first kappa shape index (κ1) is 23.3. The van der Waals surface area contributed by atoms with Crippen molar-refractivity contribution in [2.75, 3.05) is 0 Å². The lowest BCUT2D eigenvalue weighted by molar-refractivity contribution is -0.142. The van der Waals surface area contributed by atoms with Crippen molar-refractivity contribution in [3.8, 4) is 6.19 Å². The average Bonchev–Trinajstić information content (AvgIpc) is 2.96. The molecule has 164 valence electrons. The summed E-state index contributed by atoms with van der Waals surface area (Å²) in [6.07, 6.45) is 2.37. The molecule has 0 unspecified atom stereocenters. The number of hydrogen-bond acceptors (Lipinski definition) is 3. The zero-order valence-electron chi connectivity index (χ0n) is 17.2. The Hall–Kier alpha value is -2.36. The molecule has 4 nitrogen and oxygen atoms in total. The van der Waals surface area contributed by atoms with E-state index in [0.717, 1.165) is 11.0 Å². The third kappa shape index (κ3) is 4.49. The van der Waals surface area contributed by atoms with Crippen LogP contribution in [0.4, 0.5) is 8.78 Å². The summed E-state index contributed by atoms with van der Waals surface area (Å²) < 4.78 is 30.2. The number of hydrogen-bond donors (Lipinski definition) is 1. The monoisotopic (exact) mass is 466 g/mol. The lowest BCUT2D eigenvalue weighted by Crippen LogP contribution is -2.40. The average molecular weight is 467 g/mol. The maximum absolute atomic E-state index is 15.1. The van der Waals surface area contributed by atoms with Gasteiger partial charge in [0.15, 0.2) is 6.19 Å². The highest BCUT2D eigenvalue weighted by Crippen LogP contribution is 2.52. The molecule has 0 aromatic heterocycles. The van der Waals surface area contributed by atoms with Crippen molar-refractivity contribution in [1.29, 1.82) is 5.26 Å². The van der Waals surface area contributed by atoms with Crippen LogP contribution < -0.4 is 0 Å². The van der Waals surface area contributed by atoms with Gasteiger partial charge in [-0.25, -0.2) is 13.6 Å².